The highest BCUT2D eigenvalue weighted by molar-refractivity contribution is 5.86. The van der Waals surface area contributed by atoms with Crippen LogP contribution < -0.4 is 0 Å². The lowest BCUT2D eigenvalue weighted by Crippen LogP contribution is -2.01. The minimum absolute atomic E-state index is 0.0343. The SMILES string of the molecule is O=C(O)c1[c]n2ncnc2nc1. The molecule has 0 aliphatic rings. The highest BCUT2D eigenvalue weighted by atomic mass is 16.4. The number of hydrogen-bond donors (Lipinski definition) is 1. The summed E-state index contributed by atoms with van der Waals surface area (Å²) in [6, 6.07) is 0. The van der Waals surface area contributed by atoms with Gasteiger partial charge in [0.15, 0.2) is 0 Å². The van der Waals surface area contributed by atoms with E-state index in [0.29, 0.717) is 5.78 Å². The zero-order valence-electron chi connectivity index (χ0n) is 5.80. The summed E-state index contributed by atoms with van der Waals surface area (Å²) >= 11 is 0. The van der Waals surface area contributed by atoms with Gasteiger partial charge in [-0.05, 0) is 0 Å². The molecule has 0 fully saturated rings. The minimum atomic E-state index is -1.08. The molecule has 0 aromatic carbocycles. The van der Waals surface area contributed by atoms with E-state index < -0.39 is 5.97 Å². The Morgan fingerprint density at radius 1 is 1.58 bits per heavy atom. The standard InChI is InChI=1S/C6H3N4O2/c11-5(12)4-1-7-6-8-3-9-10(6)2-4/h1,3H,(H,11,12). The van der Waals surface area contributed by atoms with Crippen LogP contribution in [0.25, 0.3) is 5.78 Å². The van der Waals surface area contributed by atoms with Gasteiger partial charge in [0.2, 0.25) is 0 Å². The van der Waals surface area contributed by atoms with Gasteiger partial charge in [-0.3, -0.25) is 0 Å². The van der Waals surface area contributed by atoms with Gasteiger partial charge < -0.3 is 5.11 Å². The Labute approximate surface area is 66.5 Å². The smallest absolute Gasteiger partial charge is 0.339 e. The van der Waals surface area contributed by atoms with Crippen molar-refractivity contribution in [2.45, 2.75) is 0 Å². The van der Waals surface area contributed by atoms with Crippen molar-refractivity contribution in [3.05, 3.63) is 24.3 Å². The first-order valence-electron chi connectivity index (χ1n) is 3.09. The molecule has 12 heavy (non-hydrogen) atoms. The Balaban J connectivity index is 2.68. The molecule has 2 aromatic rings. The van der Waals surface area contributed by atoms with E-state index in [2.05, 4.69) is 21.3 Å². The van der Waals surface area contributed by atoms with Crippen molar-refractivity contribution in [3.63, 3.8) is 0 Å². The van der Waals surface area contributed by atoms with Crippen molar-refractivity contribution < 1.29 is 9.90 Å². The molecule has 6 heteroatoms. The third-order valence-corrected chi connectivity index (χ3v) is 1.30. The summed E-state index contributed by atoms with van der Waals surface area (Å²) in [4.78, 5) is 17.9. The third-order valence-electron chi connectivity index (χ3n) is 1.30. The van der Waals surface area contributed by atoms with E-state index >= 15 is 0 Å². The molecule has 0 saturated heterocycles. The number of carboxylic acids is 1. The topological polar surface area (TPSA) is 80.4 Å². The van der Waals surface area contributed by atoms with E-state index in [1.165, 1.54) is 17.0 Å². The van der Waals surface area contributed by atoms with Gasteiger partial charge in [0.25, 0.3) is 5.78 Å². The molecular weight excluding hydrogens is 160 g/mol. The van der Waals surface area contributed by atoms with Crippen LogP contribution in [0, 0.1) is 6.20 Å². The molecule has 2 rings (SSSR count). The molecule has 0 aliphatic heterocycles. The fourth-order valence-electron chi connectivity index (χ4n) is 0.771. The first kappa shape index (κ1) is 6.71. The molecule has 0 atom stereocenters. The Kier molecular flexibility index (Phi) is 1.26. The maximum atomic E-state index is 10.4. The van der Waals surface area contributed by atoms with Gasteiger partial charge in [0.05, 0.1) is 0 Å². The molecule has 0 bridgehead atoms. The first-order valence-corrected chi connectivity index (χ1v) is 3.09. The van der Waals surface area contributed by atoms with Gasteiger partial charge in [0.1, 0.15) is 18.1 Å². The van der Waals surface area contributed by atoms with Crippen molar-refractivity contribution in [1.82, 2.24) is 19.6 Å². The van der Waals surface area contributed by atoms with Crippen LogP contribution in [-0.2, 0) is 0 Å². The van der Waals surface area contributed by atoms with Crippen LogP contribution in [0.1, 0.15) is 10.4 Å². The molecule has 59 valence electrons. The maximum absolute atomic E-state index is 10.4. The first-order chi connectivity index (χ1) is 5.77. The van der Waals surface area contributed by atoms with Crippen LogP contribution in [0.15, 0.2) is 12.5 Å². The zero-order chi connectivity index (χ0) is 8.55. The highest BCUT2D eigenvalue weighted by Gasteiger charge is 2.05. The second-order valence-electron chi connectivity index (χ2n) is 2.06. The predicted molar refractivity (Wildman–Crippen MR) is 36.6 cm³/mol. The highest BCUT2D eigenvalue weighted by Crippen LogP contribution is 1.97. The monoisotopic (exact) mass is 163 g/mol. The lowest BCUT2D eigenvalue weighted by Gasteiger charge is -1.91. The molecule has 0 amide bonds. The molecular formula is C6H3N4O2. The predicted octanol–water partition coefficient (Wildman–Crippen LogP) is -0.377. The summed E-state index contributed by atoms with van der Waals surface area (Å²) in [6.07, 6.45) is 4.96. The lowest BCUT2D eigenvalue weighted by atomic mass is 10.4. The second kappa shape index (κ2) is 2.26. The van der Waals surface area contributed by atoms with Crippen molar-refractivity contribution >= 4 is 11.7 Å². The number of fused-ring (bicyclic) bond motifs is 1. The summed E-state index contributed by atoms with van der Waals surface area (Å²) in [5.41, 5.74) is -0.0343. The quantitative estimate of drug-likeness (QED) is 0.619. The van der Waals surface area contributed by atoms with E-state index in [4.69, 9.17) is 5.11 Å². The number of nitrogens with zero attached hydrogens (tertiary/aromatic N) is 4. The Morgan fingerprint density at radius 2 is 2.42 bits per heavy atom. The Hall–Kier alpha value is -1.98. The van der Waals surface area contributed by atoms with E-state index in [0.717, 1.165) is 0 Å². The number of carboxylic acid groups (broad SMARTS) is 1. The summed E-state index contributed by atoms with van der Waals surface area (Å²) < 4.78 is 1.18. The molecule has 2 aromatic heterocycles. The maximum Gasteiger partial charge on any atom is 0.339 e. The molecule has 0 saturated carbocycles. The van der Waals surface area contributed by atoms with Crippen LogP contribution in [0.4, 0.5) is 0 Å². The Morgan fingerprint density at radius 3 is 3.17 bits per heavy atom. The van der Waals surface area contributed by atoms with E-state index in [-0.39, 0.29) is 5.56 Å². The molecule has 2 heterocycles. The summed E-state index contributed by atoms with van der Waals surface area (Å²) in [6.45, 7) is 0. The van der Waals surface area contributed by atoms with Crippen LogP contribution in [0.3, 0.4) is 0 Å². The summed E-state index contributed by atoms with van der Waals surface area (Å²) in [7, 11) is 0. The van der Waals surface area contributed by atoms with Crippen LogP contribution in [0.2, 0.25) is 0 Å². The average molecular weight is 163 g/mol. The van der Waals surface area contributed by atoms with Crippen LogP contribution in [-0.4, -0.2) is 30.7 Å². The third kappa shape index (κ3) is 0.895. The van der Waals surface area contributed by atoms with Gasteiger partial charge >= 0.3 is 5.97 Å². The van der Waals surface area contributed by atoms with E-state index in [9.17, 15) is 4.79 Å². The zero-order valence-corrected chi connectivity index (χ0v) is 5.80. The van der Waals surface area contributed by atoms with E-state index in [1.54, 1.807) is 0 Å². The minimum Gasteiger partial charge on any atom is -0.478 e. The molecule has 6 nitrogen and oxygen atoms in total. The van der Waals surface area contributed by atoms with E-state index in [1.807, 2.05) is 0 Å². The van der Waals surface area contributed by atoms with Gasteiger partial charge in [0, 0.05) is 6.20 Å². The van der Waals surface area contributed by atoms with Crippen molar-refractivity contribution in [2.75, 3.05) is 0 Å². The molecule has 0 aliphatic carbocycles. The van der Waals surface area contributed by atoms with Gasteiger partial charge in [-0.1, -0.05) is 0 Å². The van der Waals surface area contributed by atoms with Gasteiger partial charge in [-0.2, -0.15) is 14.6 Å². The second-order valence-corrected chi connectivity index (χ2v) is 2.06. The van der Waals surface area contributed by atoms with Crippen molar-refractivity contribution in [1.29, 1.82) is 0 Å². The van der Waals surface area contributed by atoms with Gasteiger partial charge in [-0.25, -0.2) is 9.78 Å². The lowest BCUT2D eigenvalue weighted by molar-refractivity contribution is 0.0695. The van der Waals surface area contributed by atoms with Crippen molar-refractivity contribution in [2.24, 2.45) is 0 Å². The van der Waals surface area contributed by atoms with Crippen LogP contribution >= 0.6 is 0 Å². The average Bonchev–Trinajstić information content (AvgIpc) is 2.49. The molecule has 0 spiro atoms. The van der Waals surface area contributed by atoms with Gasteiger partial charge in [-0.15, -0.1) is 0 Å². The summed E-state index contributed by atoms with van der Waals surface area (Å²) in [5, 5.41) is 12.2. The fraction of sp³-hybridized carbons (Fsp3) is 0. The Bertz CT molecular complexity index is 436. The number of aromatic carboxylic acids is 1. The number of aromatic nitrogens is 4. The van der Waals surface area contributed by atoms with Crippen LogP contribution in [0.5, 0.6) is 0 Å². The molecule has 1 N–H and O–H groups in total. The molecule has 0 unspecified atom stereocenters. The number of rotatable bonds is 1. The molecule has 1 radical (unpaired) electrons. The summed E-state index contributed by atoms with van der Waals surface area (Å²) in [5.74, 6) is -0.750. The number of hydrogen-bond acceptors (Lipinski definition) is 4. The van der Waals surface area contributed by atoms with Crippen molar-refractivity contribution in [3.8, 4) is 0 Å². The normalized spacial score (nSPS) is 10.3. The fourth-order valence-corrected chi connectivity index (χ4v) is 0.771. The largest absolute Gasteiger partial charge is 0.478 e. The number of carbonyl (C=O) groups is 1.